The van der Waals surface area contributed by atoms with E-state index in [0.717, 1.165) is 24.3 Å². The standard InChI is InChI=1S/C24H23F5N2O3/c25-19-5-4-16(14-20(19)26)21(32)30-8-10-31(11-9-30)22(33)23(6-12-34-13-7-23)17-2-1-3-18(15-17)24(27,28)29/h1-5,14-15H,6-13H2. The molecule has 2 amide bonds. The van der Waals surface area contributed by atoms with Crippen LogP contribution >= 0.6 is 0 Å². The fourth-order valence-electron chi connectivity index (χ4n) is 4.57. The Labute approximate surface area is 193 Å². The summed E-state index contributed by atoms with van der Waals surface area (Å²) in [6.07, 6.45) is -4.03. The summed E-state index contributed by atoms with van der Waals surface area (Å²) in [5.41, 5.74) is -1.66. The molecule has 0 N–H and O–H groups in total. The Morgan fingerprint density at radius 2 is 1.50 bits per heavy atom. The Bertz CT molecular complexity index is 1070. The second kappa shape index (κ2) is 9.32. The van der Waals surface area contributed by atoms with Crippen LogP contribution in [-0.2, 0) is 21.1 Å². The Morgan fingerprint density at radius 1 is 0.853 bits per heavy atom. The number of hydrogen-bond donors (Lipinski definition) is 0. The largest absolute Gasteiger partial charge is 0.416 e. The minimum absolute atomic E-state index is 0.00328. The highest BCUT2D eigenvalue weighted by atomic mass is 19.4. The summed E-state index contributed by atoms with van der Waals surface area (Å²) in [6.45, 7) is 1.18. The van der Waals surface area contributed by atoms with Crippen LogP contribution in [0.1, 0.15) is 34.3 Å². The number of nitrogens with zero attached hydrogens (tertiary/aromatic N) is 2. The third-order valence-electron chi connectivity index (χ3n) is 6.52. The number of hydrogen-bond acceptors (Lipinski definition) is 3. The van der Waals surface area contributed by atoms with Gasteiger partial charge in [0.1, 0.15) is 0 Å². The van der Waals surface area contributed by atoms with Crippen molar-refractivity contribution in [1.82, 2.24) is 9.80 Å². The van der Waals surface area contributed by atoms with Crippen molar-refractivity contribution in [3.63, 3.8) is 0 Å². The molecule has 0 radical (unpaired) electrons. The van der Waals surface area contributed by atoms with E-state index < -0.39 is 34.7 Å². The summed E-state index contributed by atoms with van der Waals surface area (Å²) in [5.74, 6) is -2.95. The van der Waals surface area contributed by atoms with Gasteiger partial charge in [0.05, 0.1) is 11.0 Å². The predicted molar refractivity (Wildman–Crippen MR) is 112 cm³/mol. The van der Waals surface area contributed by atoms with Gasteiger partial charge < -0.3 is 14.5 Å². The molecule has 0 unspecified atom stereocenters. The summed E-state index contributed by atoms with van der Waals surface area (Å²) in [6, 6.07) is 7.77. The van der Waals surface area contributed by atoms with E-state index >= 15 is 0 Å². The Hall–Kier alpha value is -3.01. The fraction of sp³-hybridized carbons (Fsp3) is 0.417. The first-order valence-corrected chi connectivity index (χ1v) is 10.9. The normalized spacial score (nSPS) is 18.6. The molecule has 2 aliphatic rings. The number of amides is 2. The molecular formula is C24H23F5N2O3. The van der Waals surface area contributed by atoms with Gasteiger partial charge in [-0.25, -0.2) is 8.78 Å². The molecule has 2 fully saturated rings. The van der Waals surface area contributed by atoms with Gasteiger partial charge in [-0.15, -0.1) is 0 Å². The molecule has 4 rings (SSSR count). The molecule has 0 aliphatic carbocycles. The highest BCUT2D eigenvalue weighted by molar-refractivity contribution is 5.94. The topological polar surface area (TPSA) is 49.9 Å². The van der Waals surface area contributed by atoms with E-state index in [9.17, 15) is 31.5 Å². The lowest BCUT2D eigenvalue weighted by molar-refractivity contribution is -0.143. The summed E-state index contributed by atoms with van der Waals surface area (Å²) in [4.78, 5) is 29.3. The number of ether oxygens (including phenoxy) is 1. The molecule has 2 aliphatic heterocycles. The van der Waals surface area contributed by atoms with Gasteiger partial charge in [0.15, 0.2) is 11.6 Å². The van der Waals surface area contributed by atoms with Gasteiger partial charge >= 0.3 is 6.18 Å². The number of alkyl halides is 3. The summed E-state index contributed by atoms with van der Waals surface area (Å²) in [5, 5.41) is 0. The molecule has 182 valence electrons. The van der Waals surface area contributed by atoms with Crippen LogP contribution in [0.3, 0.4) is 0 Å². The Morgan fingerprint density at radius 3 is 2.12 bits per heavy atom. The van der Waals surface area contributed by atoms with Gasteiger partial charge in [0, 0.05) is 45.0 Å². The van der Waals surface area contributed by atoms with Crippen molar-refractivity contribution in [3.05, 3.63) is 70.8 Å². The van der Waals surface area contributed by atoms with Crippen LogP contribution in [0.4, 0.5) is 22.0 Å². The molecule has 2 saturated heterocycles. The van der Waals surface area contributed by atoms with Crippen LogP contribution in [-0.4, -0.2) is 61.0 Å². The quantitative estimate of drug-likeness (QED) is 0.622. The van der Waals surface area contributed by atoms with Crippen molar-refractivity contribution < 1.29 is 36.3 Å². The summed E-state index contributed by atoms with van der Waals surface area (Å²) < 4.78 is 72.0. The number of carbonyl (C=O) groups is 2. The van der Waals surface area contributed by atoms with Crippen LogP contribution in [0.15, 0.2) is 42.5 Å². The van der Waals surface area contributed by atoms with Crippen LogP contribution in [0.25, 0.3) is 0 Å². The fourth-order valence-corrected chi connectivity index (χ4v) is 4.57. The van der Waals surface area contributed by atoms with Crippen molar-refractivity contribution in [2.24, 2.45) is 0 Å². The van der Waals surface area contributed by atoms with Crippen molar-refractivity contribution in [3.8, 4) is 0 Å². The van der Waals surface area contributed by atoms with Gasteiger partial charge in [0.2, 0.25) is 5.91 Å². The third-order valence-corrected chi connectivity index (χ3v) is 6.52. The van der Waals surface area contributed by atoms with Crippen molar-refractivity contribution >= 4 is 11.8 Å². The molecular weight excluding hydrogens is 459 g/mol. The molecule has 5 nitrogen and oxygen atoms in total. The van der Waals surface area contributed by atoms with Crippen molar-refractivity contribution in [2.45, 2.75) is 24.4 Å². The molecule has 2 aromatic carbocycles. The Kier molecular flexibility index (Phi) is 6.62. The zero-order valence-electron chi connectivity index (χ0n) is 18.2. The maximum Gasteiger partial charge on any atom is 0.416 e. The van der Waals surface area contributed by atoms with Crippen molar-refractivity contribution in [1.29, 1.82) is 0 Å². The number of halogens is 5. The van der Waals surface area contributed by atoms with E-state index in [1.165, 1.54) is 17.0 Å². The lowest BCUT2D eigenvalue weighted by Gasteiger charge is -2.43. The SMILES string of the molecule is O=C(c1ccc(F)c(F)c1)N1CCN(C(=O)C2(c3cccc(C(F)(F)F)c3)CCOCC2)CC1. The zero-order valence-corrected chi connectivity index (χ0v) is 18.2. The van der Waals surface area contributed by atoms with Crippen LogP contribution in [0.2, 0.25) is 0 Å². The molecule has 2 aromatic rings. The minimum Gasteiger partial charge on any atom is -0.381 e. The molecule has 0 atom stereocenters. The van der Waals surface area contributed by atoms with E-state index in [4.69, 9.17) is 4.74 Å². The van der Waals surface area contributed by atoms with E-state index in [-0.39, 0.29) is 63.7 Å². The molecule has 0 aromatic heterocycles. The molecule has 0 spiro atoms. The monoisotopic (exact) mass is 482 g/mol. The first-order chi connectivity index (χ1) is 16.1. The predicted octanol–water partition coefficient (Wildman–Crippen LogP) is 4.02. The van der Waals surface area contributed by atoms with Crippen LogP contribution < -0.4 is 0 Å². The first kappa shape index (κ1) is 24.1. The summed E-state index contributed by atoms with van der Waals surface area (Å²) in [7, 11) is 0. The maximum atomic E-state index is 13.7. The number of benzene rings is 2. The number of piperazine rings is 1. The minimum atomic E-state index is -4.53. The molecule has 0 saturated carbocycles. The van der Waals surface area contributed by atoms with Gasteiger partial charge in [-0.3, -0.25) is 9.59 Å². The average Bonchev–Trinajstić information content (AvgIpc) is 2.85. The van der Waals surface area contributed by atoms with Gasteiger partial charge in [-0.05, 0) is 42.7 Å². The van der Waals surface area contributed by atoms with E-state index in [2.05, 4.69) is 0 Å². The lowest BCUT2D eigenvalue weighted by Crippen LogP contribution is -2.56. The number of carbonyl (C=O) groups excluding carboxylic acids is 2. The van der Waals surface area contributed by atoms with Gasteiger partial charge in [-0.1, -0.05) is 18.2 Å². The second-order valence-corrected chi connectivity index (χ2v) is 8.49. The van der Waals surface area contributed by atoms with Gasteiger partial charge in [0.25, 0.3) is 5.91 Å². The van der Waals surface area contributed by atoms with Crippen LogP contribution in [0, 0.1) is 11.6 Å². The third kappa shape index (κ3) is 4.64. The number of rotatable bonds is 3. The smallest absolute Gasteiger partial charge is 0.381 e. The second-order valence-electron chi connectivity index (χ2n) is 8.49. The van der Waals surface area contributed by atoms with E-state index in [0.29, 0.717) is 5.56 Å². The molecule has 34 heavy (non-hydrogen) atoms. The highest BCUT2D eigenvalue weighted by Crippen LogP contribution is 2.39. The highest BCUT2D eigenvalue weighted by Gasteiger charge is 2.45. The molecule has 0 bridgehead atoms. The maximum absolute atomic E-state index is 13.7. The Balaban J connectivity index is 1.52. The molecule has 2 heterocycles. The van der Waals surface area contributed by atoms with Crippen LogP contribution in [0.5, 0.6) is 0 Å². The average molecular weight is 482 g/mol. The zero-order chi connectivity index (χ0) is 24.5. The van der Waals surface area contributed by atoms with Gasteiger partial charge in [-0.2, -0.15) is 13.2 Å². The van der Waals surface area contributed by atoms with Crippen molar-refractivity contribution in [2.75, 3.05) is 39.4 Å². The summed E-state index contributed by atoms with van der Waals surface area (Å²) >= 11 is 0. The van der Waals surface area contributed by atoms with E-state index in [1.54, 1.807) is 11.0 Å². The first-order valence-electron chi connectivity index (χ1n) is 10.9. The van der Waals surface area contributed by atoms with E-state index in [1.807, 2.05) is 0 Å². The molecule has 10 heteroatoms. The lowest BCUT2D eigenvalue weighted by atomic mass is 9.72.